The minimum absolute atomic E-state index is 0.133. The van der Waals surface area contributed by atoms with Crippen molar-refractivity contribution < 1.29 is 9.72 Å². The van der Waals surface area contributed by atoms with Crippen molar-refractivity contribution in [2.45, 2.75) is 6.54 Å². The molecule has 1 heterocycles. The van der Waals surface area contributed by atoms with Crippen molar-refractivity contribution in [1.82, 2.24) is 9.13 Å². The summed E-state index contributed by atoms with van der Waals surface area (Å²) < 4.78 is 2.28. The van der Waals surface area contributed by atoms with Crippen LogP contribution in [-0.2, 0) is 6.54 Å². The molecule has 0 saturated carbocycles. The molecule has 3 aromatic carbocycles. The molecule has 1 aromatic heterocycles. The Bertz CT molecular complexity index is 1390. The highest BCUT2D eigenvalue weighted by atomic mass is 16.6. The minimum Gasteiger partial charge on any atom is -0.292 e. The minimum atomic E-state index is -0.639. The number of Topliss-reactive ketones (excluding diaryl/α,β-unsaturated/α-hetero) is 1. The third-order valence-electron chi connectivity index (χ3n) is 4.77. The molecule has 0 aliphatic heterocycles. The van der Waals surface area contributed by atoms with E-state index in [9.17, 15) is 24.5 Å². The molecule has 8 nitrogen and oxygen atoms in total. The summed E-state index contributed by atoms with van der Waals surface area (Å²) in [5.74, 6) is -0.407. The lowest BCUT2D eigenvalue weighted by molar-refractivity contribution is -0.384. The maximum atomic E-state index is 13.2. The highest BCUT2D eigenvalue weighted by Gasteiger charge is 2.17. The van der Waals surface area contributed by atoms with Gasteiger partial charge in [-0.05, 0) is 36.4 Å². The van der Waals surface area contributed by atoms with Crippen LogP contribution in [0.25, 0.3) is 16.6 Å². The van der Waals surface area contributed by atoms with E-state index in [0.29, 0.717) is 16.6 Å². The number of hydrogen-bond donors (Lipinski definition) is 0. The third kappa shape index (κ3) is 3.30. The van der Waals surface area contributed by atoms with Crippen LogP contribution < -0.4 is 11.2 Å². The molecular weight excluding hydrogens is 386 g/mol. The van der Waals surface area contributed by atoms with Crippen LogP contribution in [0, 0.1) is 10.1 Å². The number of aromatic nitrogens is 2. The quantitative estimate of drug-likeness (QED) is 0.290. The van der Waals surface area contributed by atoms with E-state index in [2.05, 4.69) is 0 Å². The number of carbonyl (C=O) groups excluding carboxylic acids is 1. The highest BCUT2D eigenvalue weighted by molar-refractivity contribution is 5.96. The lowest BCUT2D eigenvalue weighted by atomic mass is 10.1. The molecule has 148 valence electrons. The zero-order valence-corrected chi connectivity index (χ0v) is 15.6. The number of non-ortho nitro benzene ring substituents is 1. The lowest BCUT2D eigenvalue weighted by Crippen LogP contribution is -2.40. The molecule has 0 bridgehead atoms. The number of rotatable bonds is 5. The fourth-order valence-corrected chi connectivity index (χ4v) is 3.28. The molecule has 0 unspecified atom stereocenters. The largest absolute Gasteiger partial charge is 0.336 e. The van der Waals surface area contributed by atoms with Crippen LogP contribution >= 0.6 is 0 Å². The molecule has 30 heavy (non-hydrogen) atoms. The first-order valence-corrected chi connectivity index (χ1v) is 9.05. The van der Waals surface area contributed by atoms with Gasteiger partial charge in [0.2, 0.25) is 0 Å². The predicted molar refractivity (Wildman–Crippen MR) is 111 cm³/mol. The van der Waals surface area contributed by atoms with Crippen molar-refractivity contribution in [2.75, 3.05) is 0 Å². The first kappa shape index (κ1) is 19.0. The zero-order chi connectivity index (χ0) is 21.3. The van der Waals surface area contributed by atoms with E-state index < -0.39 is 22.0 Å². The fourth-order valence-electron chi connectivity index (χ4n) is 3.28. The Balaban J connectivity index is 1.86. The summed E-state index contributed by atoms with van der Waals surface area (Å²) in [6.45, 7) is -0.315. The monoisotopic (exact) mass is 401 g/mol. The van der Waals surface area contributed by atoms with Gasteiger partial charge in [0.15, 0.2) is 5.78 Å². The standard InChI is InChI=1S/C22H15N3O5/c26-20(15-10-12-17(13-11-15)25(29)30)14-23-19-9-5-4-8-18(19)21(27)24(22(23)28)16-6-2-1-3-7-16/h1-13H,14H2. The topological polar surface area (TPSA) is 104 Å². The lowest BCUT2D eigenvalue weighted by Gasteiger charge is -2.13. The molecule has 4 aromatic rings. The van der Waals surface area contributed by atoms with E-state index in [1.54, 1.807) is 54.6 Å². The second-order valence-electron chi connectivity index (χ2n) is 6.59. The summed E-state index contributed by atoms with van der Waals surface area (Å²) in [4.78, 5) is 49.2. The van der Waals surface area contributed by atoms with Crippen molar-refractivity contribution >= 4 is 22.4 Å². The van der Waals surface area contributed by atoms with Crippen LogP contribution in [0.3, 0.4) is 0 Å². The number of nitro groups is 1. The Labute approximate surface area is 169 Å². The summed E-state index contributed by atoms with van der Waals surface area (Å²) >= 11 is 0. The van der Waals surface area contributed by atoms with Crippen molar-refractivity contribution in [3.8, 4) is 5.69 Å². The molecule has 0 spiro atoms. The maximum absolute atomic E-state index is 13.2. The Morgan fingerprint density at radius 3 is 2.17 bits per heavy atom. The first-order chi connectivity index (χ1) is 14.5. The van der Waals surface area contributed by atoms with Crippen molar-refractivity contribution in [3.05, 3.63) is 115 Å². The molecule has 0 amide bonds. The Morgan fingerprint density at radius 1 is 0.867 bits per heavy atom. The summed E-state index contributed by atoms with van der Waals surface area (Å²) in [6.07, 6.45) is 0. The van der Waals surface area contributed by atoms with Gasteiger partial charge in [-0.3, -0.25) is 24.3 Å². The van der Waals surface area contributed by atoms with Crippen molar-refractivity contribution in [1.29, 1.82) is 0 Å². The van der Waals surface area contributed by atoms with Crippen molar-refractivity contribution in [3.63, 3.8) is 0 Å². The molecule has 0 aliphatic carbocycles. The van der Waals surface area contributed by atoms with E-state index in [1.807, 2.05) is 0 Å². The third-order valence-corrected chi connectivity index (χ3v) is 4.77. The number of carbonyl (C=O) groups is 1. The van der Waals surface area contributed by atoms with E-state index in [-0.39, 0.29) is 17.8 Å². The summed E-state index contributed by atoms with van der Waals surface area (Å²) in [7, 11) is 0. The second kappa shape index (κ2) is 7.59. The van der Waals surface area contributed by atoms with Crippen molar-refractivity contribution in [2.24, 2.45) is 0 Å². The van der Waals surface area contributed by atoms with Gasteiger partial charge in [-0.15, -0.1) is 0 Å². The number of hydrogen-bond acceptors (Lipinski definition) is 5. The number of fused-ring (bicyclic) bond motifs is 1. The average molecular weight is 401 g/mol. The Hall–Kier alpha value is -4.33. The highest BCUT2D eigenvalue weighted by Crippen LogP contribution is 2.14. The first-order valence-electron chi connectivity index (χ1n) is 9.05. The average Bonchev–Trinajstić information content (AvgIpc) is 2.77. The van der Waals surface area contributed by atoms with Gasteiger partial charge in [-0.1, -0.05) is 30.3 Å². The van der Waals surface area contributed by atoms with Crippen LogP contribution in [0.5, 0.6) is 0 Å². The molecule has 0 radical (unpaired) electrons. The van der Waals surface area contributed by atoms with Crippen LogP contribution in [-0.4, -0.2) is 19.8 Å². The van der Waals surface area contributed by atoms with Gasteiger partial charge >= 0.3 is 5.69 Å². The number of nitrogens with zero attached hydrogens (tertiary/aromatic N) is 3. The molecule has 4 rings (SSSR count). The molecular formula is C22H15N3O5. The van der Waals surface area contributed by atoms with Crippen LogP contribution in [0.4, 0.5) is 5.69 Å². The zero-order valence-electron chi connectivity index (χ0n) is 15.6. The number of benzene rings is 3. The summed E-state index contributed by atoms with van der Waals surface area (Å²) in [5, 5.41) is 11.1. The molecule has 0 fully saturated rings. The van der Waals surface area contributed by atoms with Gasteiger partial charge in [-0.2, -0.15) is 0 Å². The summed E-state index contributed by atoms with van der Waals surface area (Å²) in [6, 6.07) is 20.2. The van der Waals surface area contributed by atoms with Gasteiger partial charge in [0, 0.05) is 17.7 Å². The maximum Gasteiger partial charge on any atom is 0.336 e. The van der Waals surface area contributed by atoms with Gasteiger partial charge in [0.25, 0.3) is 11.2 Å². The molecule has 8 heteroatoms. The molecule has 0 saturated heterocycles. The Kier molecular flexibility index (Phi) is 4.81. The van der Waals surface area contributed by atoms with Crippen LogP contribution in [0.2, 0.25) is 0 Å². The smallest absolute Gasteiger partial charge is 0.292 e. The van der Waals surface area contributed by atoms with E-state index >= 15 is 0 Å². The normalized spacial score (nSPS) is 10.8. The molecule has 0 atom stereocenters. The Morgan fingerprint density at radius 2 is 1.50 bits per heavy atom. The van der Waals surface area contributed by atoms with E-state index in [1.165, 1.54) is 28.8 Å². The molecule has 0 aliphatic rings. The molecule has 0 N–H and O–H groups in total. The SMILES string of the molecule is O=C(Cn1c(=O)n(-c2ccccc2)c(=O)c2ccccc21)c1ccc([N+](=O)[O-])cc1. The van der Waals surface area contributed by atoms with Gasteiger partial charge in [0.1, 0.15) is 0 Å². The predicted octanol–water partition coefficient (Wildman–Crippen LogP) is 2.94. The number of ketones is 1. The summed E-state index contributed by atoms with van der Waals surface area (Å²) in [5.41, 5.74) is -0.272. The second-order valence-corrected chi connectivity index (χ2v) is 6.59. The van der Waals surface area contributed by atoms with Gasteiger partial charge in [-0.25, -0.2) is 9.36 Å². The van der Waals surface area contributed by atoms with Crippen LogP contribution in [0.15, 0.2) is 88.5 Å². The fraction of sp³-hybridized carbons (Fsp3) is 0.0455. The number of para-hydroxylation sites is 2. The van der Waals surface area contributed by atoms with E-state index in [4.69, 9.17) is 0 Å². The van der Waals surface area contributed by atoms with Gasteiger partial charge < -0.3 is 0 Å². The van der Waals surface area contributed by atoms with Gasteiger partial charge in [0.05, 0.1) is 28.1 Å². The van der Waals surface area contributed by atoms with Crippen LogP contribution in [0.1, 0.15) is 10.4 Å². The number of nitro benzene ring substituents is 1. The van der Waals surface area contributed by atoms with E-state index in [0.717, 1.165) is 4.57 Å².